The molecular weight excluding hydrogens is 495 g/mol. The average molecular weight is 533 g/mol. The molecule has 3 aromatic rings. The minimum Gasteiger partial charge on any atom is -0.378 e. The molecule has 10 heteroatoms. The molecule has 9 nitrogen and oxygen atoms in total. The quantitative estimate of drug-likeness (QED) is 0.516. The molecule has 0 spiro atoms. The summed E-state index contributed by atoms with van der Waals surface area (Å²) in [6.07, 6.45) is 0. The van der Waals surface area contributed by atoms with Gasteiger partial charge in [-0.15, -0.1) is 0 Å². The number of benzene rings is 2. The largest absolute Gasteiger partial charge is 0.378 e. The normalized spacial score (nSPS) is 18.6. The van der Waals surface area contributed by atoms with E-state index in [4.69, 9.17) is 20.4 Å². The van der Waals surface area contributed by atoms with Crippen LogP contribution >= 0.6 is 0 Å². The van der Waals surface area contributed by atoms with Crippen molar-refractivity contribution in [3.8, 4) is 0 Å². The van der Waals surface area contributed by atoms with Gasteiger partial charge in [-0.05, 0) is 23.8 Å². The van der Waals surface area contributed by atoms with Crippen LogP contribution in [0.15, 0.2) is 54.6 Å². The minimum atomic E-state index is -0.174. The molecule has 6 rings (SSSR count). The Balaban J connectivity index is 1.20. The van der Waals surface area contributed by atoms with Gasteiger partial charge in [0, 0.05) is 83.7 Å². The molecule has 3 aliphatic heterocycles. The summed E-state index contributed by atoms with van der Waals surface area (Å²) in [5.74, 6) is 2.49. The molecule has 206 valence electrons. The van der Waals surface area contributed by atoms with Crippen molar-refractivity contribution in [1.82, 2.24) is 9.97 Å². The Morgan fingerprint density at radius 2 is 1.15 bits per heavy atom. The SMILES string of the molecule is NCc1ccccc1N1CCN(c2cc(N3CCOCC3)nc(N3CCN(c4ccccc4F)CC3)n2)CC1. The zero-order valence-electron chi connectivity index (χ0n) is 22.4. The second kappa shape index (κ2) is 11.6. The maximum atomic E-state index is 14.4. The standard InChI is InChI=1S/C29H37FN8O/c30-24-6-2-4-8-26(24)35-11-15-38(16-12-35)29-32-27(21-28(33-29)37-17-19-39-20-18-37)36-13-9-34(10-14-36)25-7-3-1-5-23(25)22-31/h1-8,21H,9-20,22,31H2. The van der Waals surface area contributed by atoms with Crippen molar-refractivity contribution in [3.63, 3.8) is 0 Å². The molecule has 0 radical (unpaired) electrons. The molecule has 1 aromatic heterocycles. The molecule has 0 bridgehead atoms. The Hall–Kier alpha value is -3.63. The number of halogens is 1. The van der Waals surface area contributed by atoms with Crippen molar-refractivity contribution in [2.75, 3.05) is 103 Å². The van der Waals surface area contributed by atoms with E-state index in [2.05, 4.69) is 48.8 Å². The lowest BCUT2D eigenvalue weighted by molar-refractivity contribution is 0.122. The van der Waals surface area contributed by atoms with E-state index >= 15 is 0 Å². The van der Waals surface area contributed by atoms with Crippen LogP contribution in [0.25, 0.3) is 0 Å². The number of hydrogen-bond donors (Lipinski definition) is 1. The summed E-state index contributed by atoms with van der Waals surface area (Å²) in [6, 6.07) is 17.5. The van der Waals surface area contributed by atoms with E-state index in [-0.39, 0.29) is 5.82 Å². The third-order valence-electron chi connectivity index (χ3n) is 7.93. The maximum absolute atomic E-state index is 14.4. The molecular formula is C29H37FN8O. The first-order valence-corrected chi connectivity index (χ1v) is 13.9. The highest BCUT2D eigenvalue weighted by atomic mass is 19.1. The van der Waals surface area contributed by atoms with Crippen molar-refractivity contribution in [2.45, 2.75) is 6.54 Å². The summed E-state index contributed by atoms with van der Waals surface area (Å²) >= 11 is 0. The van der Waals surface area contributed by atoms with Crippen LogP contribution in [0.3, 0.4) is 0 Å². The van der Waals surface area contributed by atoms with Crippen LogP contribution < -0.4 is 30.2 Å². The van der Waals surface area contributed by atoms with Crippen LogP contribution in [0.1, 0.15) is 5.56 Å². The second-order valence-corrected chi connectivity index (χ2v) is 10.2. The highest BCUT2D eigenvalue weighted by molar-refractivity contribution is 5.59. The number of para-hydroxylation sites is 2. The number of nitrogens with zero attached hydrogens (tertiary/aromatic N) is 7. The molecule has 4 heterocycles. The van der Waals surface area contributed by atoms with Crippen LogP contribution in [0.5, 0.6) is 0 Å². The number of aromatic nitrogens is 2. The Bertz CT molecular complexity index is 1250. The van der Waals surface area contributed by atoms with E-state index in [9.17, 15) is 4.39 Å². The Morgan fingerprint density at radius 3 is 1.79 bits per heavy atom. The number of rotatable bonds is 6. The van der Waals surface area contributed by atoms with E-state index < -0.39 is 0 Å². The molecule has 0 aliphatic carbocycles. The molecule has 3 saturated heterocycles. The number of anilines is 5. The lowest BCUT2D eigenvalue weighted by Crippen LogP contribution is -2.49. The Labute approximate surface area is 229 Å². The van der Waals surface area contributed by atoms with Crippen molar-refractivity contribution >= 4 is 29.0 Å². The monoisotopic (exact) mass is 532 g/mol. The average Bonchev–Trinajstić information content (AvgIpc) is 3.02. The number of piperazine rings is 2. The summed E-state index contributed by atoms with van der Waals surface area (Å²) in [5.41, 5.74) is 9.07. The molecule has 2 N–H and O–H groups in total. The molecule has 2 aromatic carbocycles. The van der Waals surface area contributed by atoms with E-state index in [1.165, 1.54) is 17.3 Å². The van der Waals surface area contributed by atoms with Gasteiger partial charge in [0.1, 0.15) is 17.5 Å². The summed E-state index contributed by atoms with van der Waals surface area (Å²) in [7, 11) is 0. The highest BCUT2D eigenvalue weighted by Crippen LogP contribution is 2.28. The van der Waals surface area contributed by atoms with Crippen LogP contribution in [0.4, 0.5) is 33.3 Å². The smallest absolute Gasteiger partial charge is 0.229 e. The summed E-state index contributed by atoms with van der Waals surface area (Å²) in [4.78, 5) is 21.5. The maximum Gasteiger partial charge on any atom is 0.229 e. The zero-order chi connectivity index (χ0) is 26.6. The van der Waals surface area contributed by atoms with Crippen LogP contribution in [-0.4, -0.2) is 88.6 Å². The third kappa shape index (κ3) is 5.58. The fourth-order valence-electron chi connectivity index (χ4n) is 5.69. The first-order chi connectivity index (χ1) is 19.2. The van der Waals surface area contributed by atoms with Crippen molar-refractivity contribution in [2.24, 2.45) is 5.73 Å². The van der Waals surface area contributed by atoms with Gasteiger partial charge < -0.3 is 35.0 Å². The zero-order valence-corrected chi connectivity index (χ0v) is 22.4. The first-order valence-electron chi connectivity index (χ1n) is 13.9. The third-order valence-corrected chi connectivity index (χ3v) is 7.93. The van der Waals surface area contributed by atoms with Crippen LogP contribution in [-0.2, 0) is 11.3 Å². The first kappa shape index (κ1) is 25.6. The summed E-state index contributed by atoms with van der Waals surface area (Å²) < 4.78 is 20.0. The van der Waals surface area contributed by atoms with Gasteiger partial charge in [0.25, 0.3) is 0 Å². The summed E-state index contributed by atoms with van der Waals surface area (Å²) in [5, 5.41) is 0. The molecule has 0 atom stereocenters. The van der Waals surface area contributed by atoms with Crippen LogP contribution in [0, 0.1) is 5.82 Å². The molecule has 3 aliphatic rings. The lowest BCUT2D eigenvalue weighted by atomic mass is 10.1. The van der Waals surface area contributed by atoms with Gasteiger partial charge in [-0.1, -0.05) is 30.3 Å². The second-order valence-electron chi connectivity index (χ2n) is 10.2. The van der Waals surface area contributed by atoms with Gasteiger partial charge in [0.2, 0.25) is 5.95 Å². The fraction of sp³-hybridized carbons (Fsp3) is 0.448. The Kier molecular flexibility index (Phi) is 7.64. The topological polar surface area (TPSA) is 77.2 Å². The minimum absolute atomic E-state index is 0.174. The highest BCUT2D eigenvalue weighted by Gasteiger charge is 2.26. The molecule has 0 unspecified atom stereocenters. The van der Waals surface area contributed by atoms with Crippen molar-refractivity contribution < 1.29 is 9.13 Å². The predicted octanol–water partition coefficient (Wildman–Crippen LogP) is 2.56. The van der Waals surface area contributed by atoms with E-state index in [0.717, 1.165) is 83.0 Å². The number of hydrogen-bond acceptors (Lipinski definition) is 9. The van der Waals surface area contributed by atoms with Crippen LogP contribution in [0.2, 0.25) is 0 Å². The lowest BCUT2D eigenvalue weighted by Gasteiger charge is -2.39. The van der Waals surface area contributed by atoms with E-state index in [1.807, 2.05) is 18.2 Å². The van der Waals surface area contributed by atoms with E-state index in [1.54, 1.807) is 6.07 Å². The number of ether oxygens (including phenoxy) is 1. The molecule has 39 heavy (non-hydrogen) atoms. The molecule has 0 saturated carbocycles. The molecule has 0 amide bonds. The van der Waals surface area contributed by atoms with Gasteiger partial charge in [-0.25, -0.2) is 4.39 Å². The van der Waals surface area contributed by atoms with Gasteiger partial charge in [0.05, 0.1) is 18.9 Å². The summed E-state index contributed by atoms with van der Waals surface area (Å²) in [6.45, 7) is 10.1. The predicted molar refractivity (Wildman–Crippen MR) is 155 cm³/mol. The van der Waals surface area contributed by atoms with Gasteiger partial charge in [0.15, 0.2) is 0 Å². The number of nitrogens with two attached hydrogens (primary N) is 1. The van der Waals surface area contributed by atoms with Crippen molar-refractivity contribution in [1.29, 1.82) is 0 Å². The Morgan fingerprint density at radius 1 is 0.641 bits per heavy atom. The van der Waals surface area contributed by atoms with Gasteiger partial charge >= 0.3 is 0 Å². The number of morpholine rings is 1. The van der Waals surface area contributed by atoms with Gasteiger partial charge in [-0.3, -0.25) is 0 Å². The van der Waals surface area contributed by atoms with E-state index in [0.29, 0.717) is 25.4 Å². The van der Waals surface area contributed by atoms with Crippen molar-refractivity contribution in [3.05, 3.63) is 66.0 Å². The molecule has 3 fully saturated rings. The van der Waals surface area contributed by atoms with Gasteiger partial charge in [-0.2, -0.15) is 9.97 Å². The fourth-order valence-corrected chi connectivity index (χ4v) is 5.69.